The summed E-state index contributed by atoms with van der Waals surface area (Å²) in [6, 6.07) is 0. The van der Waals surface area contributed by atoms with E-state index in [1.807, 2.05) is 4.90 Å². The third-order valence-corrected chi connectivity index (χ3v) is 3.83. The van der Waals surface area contributed by atoms with Crippen molar-refractivity contribution in [3.8, 4) is 0 Å². The Kier molecular flexibility index (Phi) is 4.99. The molecule has 3 N–H and O–H groups in total. The van der Waals surface area contributed by atoms with Crippen LogP contribution in [0.15, 0.2) is 0 Å². The van der Waals surface area contributed by atoms with Crippen LogP contribution in [-0.2, 0) is 0 Å². The van der Waals surface area contributed by atoms with Crippen LogP contribution in [0.1, 0.15) is 33.6 Å². The Bertz CT molecular complexity index is 540. The van der Waals surface area contributed by atoms with Crippen LogP contribution < -0.4 is 16.0 Å². The molecule has 0 saturated carbocycles. The van der Waals surface area contributed by atoms with Gasteiger partial charge in [-0.15, -0.1) is 0 Å². The molecule has 1 aliphatic heterocycles. The molecule has 2 rings (SSSR count). The second-order valence-corrected chi connectivity index (χ2v) is 6.31. The van der Waals surface area contributed by atoms with Crippen molar-refractivity contribution < 1.29 is 4.92 Å². The highest BCUT2D eigenvalue weighted by molar-refractivity contribution is 5.71. The van der Waals surface area contributed by atoms with Gasteiger partial charge in [0.15, 0.2) is 0 Å². The van der Waals surface area contributed by atoms with Crippen molar-refractivity contribution in [2.45, 2.75) is 33.6 Å². The van der Waals surface area contributed by atoms with Gasteiger partial charge in [0.1, 0.15) is 0 Å². The van der Waals surface area contributed by atoms with Gasteiger partial charge in [0.2, 0.25) is 17.6 Å². The summed E-state index contributed by atoms with van der Waals surface area (Å²) in [5.74, 6) is 1.65. The number of hydrogen-bond acceptors (Lipinski definition) is 7. The second kappa shape index (κ2) is 6.76. The number of anilines is 3. The second-order valence-electron chi connectivity index (χ2n) is 6.31. The Morgan fingerprint density at radius 2 is 2.05 bits per heavy atom. The van der Waals surface area contributed by atoms with Crippen LogP contribution >= 0.6 is 0 Å². The topological polar surface area (TPSA) is 110 Å². The minimum absolute atomic E-state index is 0.0834. The molecule has 2 heterocycles. The molecule has 0 bridgehead atoms. The summed E-state index contributed by atoms with van der Waals surface area (Å²) >= 11 is 0. The van der Waals surface area contributed by atoms with Crippen LogP contribution in [0, 0.1) is 22.0 Å². The van der Waals surface area contributed by atoms with Crippen molar-refractivity contribution in [1.82, 2.24) is 9.97 Å². The van der Waals surface area contributed by atoms with E-state index in [0.29, 0.717) is 30.1 Å². The number of aromatic nitrogens is 2. The summed E-state index contributed by atoms with van der Waals surface area (Å²) in [6.45, 7) is 8.51. The lowest BCUT2D eigenvalue weighted by Gasteiger charge is -2.31. The zero-order chi connectivity index (χ0) is 16.3. The number of nitrogen functional groups attached to an aromatic ring is 1. The molecule has 0 atom stereocenters. The van der Waals surface area contributed by atoms with Crippen molar-refractivity contribution in [2.24, 2.45) is 11.8 Å². The first kappa shape index (κ1) is 16.3. The molecular formula is C14H24N6O2. The summed E-state index contributed by atoms with van der Waals surface area (Å²) < 4.78 is 0. The lowest BCUT2D eigenvalue weighted by atomic mass is 9.99. The fourth-order valence-electron chi connectivity index (χ4n) is 2.45. The molecule has 8 heteroatoms. The molecule has 1 aromatic rings. The molecule has 1 aromatic heterocycles. The summed E-state index contributed by atoms with van der Waals surface area (Å²) in [6.07, 6.45) is 1.99. The Morgan fingerprint density at radius 1 is 1.41 bits per heavy atom. The Hall–Kier alpha value is -2.12. The highest BCUT2D eigenvalue weighted by atomic mass is 16.6. The van der Waals surface area contributed by atoms with Crippen molar-refractivity contribution in [3.05, 3.63) is 10.1 Å². The first-order valence-corrected chi connectivity index (χ1v) is 7.69. The Labute approximate surface area is 130 Å². The van der Waals surface area contributed by atoms with Crippen LogP contribution in [0.2, 0.25) is 0 Å². The molecule has 0 unspecified atom stereocenters. The number of piperidine rings is 1. The molecule has 22 heavy (non-hydrogen) atoms. The quantitative estimate of drug-likeness (QED) is 0.634. The number of hydrogen-bond donors (Lipinski definition) is 2. The number of rotatable bonds is 5. The fraction of sp³-hybridized carbons (Fsp3) is 0.714. The van der Waals surface area contributed by atoms with Gasteiger partial charge in [-0.2, -0.15) is 9.97 Å². The van der Waals surface area contributed by atoms with Crippen LogP contribution in [0.3, 0.4) is 0 Å². The minimum Gasteiger partial charge on any atom is -0.378 e. The lowest BCUT2D eigenvalue weighted by Crippen LogP contribution is -2.34. The monoisotopic (exact) mass is 308 g/mol. The van der Waals surface area contributed by atoms with Gasteiger partial charge >= 0.3 is 5.69 Å². The predicted molar refractivity (Wildman–Crippen MR) is 87.0 cm³/mol. The Morgan fingerprint density at radius 3 is 2.59 bits per heavy atom. The van der Waals surface area contributed by atoms with E-state index in [0.717, 1.165) is 25.9 Å². The standard InChI is InChI=1S/C14H24N6O2/c1-9(2)8-16-14-17-12(15)11(20(21)22)13(18-14)19-6-4-10(3)5-7-19/h9-10H,4-8H2,1-3H3,(H3,15,16,17,18). The molecule has 0 radical (unpaired) electrons. The van der Waals surface area contributed by atoms with Gasteiger partial charge in [-0.1, -0.05) is 20.8 Å². The average molecular weight is 308 g/mol. The smallest absolute Gasteiger partial charge is 0.353 e. The van der Waals surface area contributed by atoms with E-state index in [1.54, 1.807) is 0 Å². The van der Waals surface area contributed by atoms with Gasteiger partial charge in [-0.25, -0.2) is 0 Å². The summed E-state index contributed by atoms with van der Waals surface area (Å²) in [4.78, 5) is 21.2. The van der Waals surface area contributed by atoms with E-state index < -0.39 is 4.92 Å². The SMILES string of the molecule is CC(C)CNc1nc(N)c([N+](=O)[O-])c(N2CCC(C)CC2)n1. The largest absolute Gasteiger partial charge is 0.378 e. The zero-order valence-electron chi connectivity index (χ0n) is 13.4. The molecular weight excluding hydrogens is 284 g/mol. The molecule has 0 amide bonds. The van der Waals surface area contributed by atoms with Crippen LogP contribution in [-0.4, -0.2) is 34.5 Å². The lowest BCUT2D eigenvalue weighted by molar-refractivity contribution is -0.383. The fourth-order valence-corrected chi connectivity index (χ4v) is 2.45. The van der Waals surface area contributed by atoms with Gasteiger partial charge in [-0.05, 0) is 24.7 Å². The molecule has 8 nitrogen and oxygen atoms in total. The molecule has 1 saturated heterocycles. The first-order chi connectivity index (χ1) is 10.4. The maximum absolute atomic E-state index is 11.3. The van der Waals surface area contributed by atoms with Gasteiger partial charge in [0, 0.05) is 19.6 Å². The van der Waals surface area contributed by atoms with Gasteiger partial charge < -0.3 is 16.0 Å². The van der Waals surface area contributed by atoms with E-state index in [2.05, 4.69) is 36.1 Å². The molecule has 122 valence electrons. The maximum Gasteiger partial charge on any atom is 0.353 e. The molecule has 1 fully saturated rings. The average Bonchev–Trinajstić information content (AvgIpc) is 2.44. The van der Waals surface area contributed by atoms with Crippen molar-refractivity contribution in [1.29, 1.82) is 0 Å². The van der Waals surface area contributed by atoms with E-state index in [-0.39, 0.29) is 11.5 Å². The van der Waals surface area contributed by atoms with Crippen molar-refractivity contribution in [3.63, 3.8) is 0 Å². The van der Waals surface area contributed by atoms with Crippen molar-refractivity contribution in [2.75, 3.05) is 35.6 Å². The maximum atomic E-state index is 11.3. The summed E-state index contributed by atoms with van der Waals surface area (Å²) in [7, 11) is 0. The number of nitrogens with zero attached hydrogens (tertiary/aromatic N) is 4. The number of nitrogens with one attached hydrogen (secondary N) is 1. The third-order valence-electron chi connectivity index (χ3n) is 3.83. The van der Waals surface area contributed by atoms with E-state index in [1.165, 1.54) is 0 Å². The van der Waals surface area contributed by atoms with Crippen LogP contribution in [0.25, 0.3) is 0 Å². The van der Waals surface area contributed by atoms with E-state index in [9.17, 15) is 10.1 Å². The van der Waals surface area contributed by atoms with Crippen molar-refractivity contribution >= 4 is 23.3 Å². The Balaban J connectivity index is 2.33. The van der Waals surface area contributed by atoms with Gasteiger partial charge in [-0.3, -0.25) is 10.1 Å². The van der Waals surface area contributed by atoms with E-state index >= 15 is 0 Å². The minimum atomic E-state index is -0.491. The summed E-state index contributed by atoms with van der Waals surface area (Å²) in [5, 5.41) is 14.4. The van der Waals surface area contributed by atoms with E-state index in [4.69, 9.17) is 5.73 Å². The normalized spacial score (nSPS) is 16.1. The molecule has 1 aliphatic rings. The predicted octanol–water partition coefficient (Wildman–Crippen LogP) is 2.27. The highest BCUT2D eigenvalue weighted by Gasteiger charge is 2.29. The first-order valence-electron chi connectivity index (χ1n) is 7.69. The summed E-state index contributed by atoms with van der Waals surface area (Å²) in [5.41, 5.74) is 5.61. The number of nitro groups is 1. The van der Waals surface area contributed by atoms with Gasteiger partial charge in [0.25, 0.3) is 0 Å². The highest BCUT2D eigenvalue weighted by Crippen LogP contribution is 2.34. The third kappa shape index (κ3) is 3.75. The van der Waals surface area contributed by atoms with Crippen LogP contribution in [0.4, 0.5) is 23.3 Å². The van der Waals surface area contributed by atoms with Crippen LogP contribution in [0.5, 0.6) is 0 Å². The number of nitrogens with two attached hydrogens (primary N) is 1. The molecule has 0 aromatic carbocycles. The molecule has 0 spiro atoms. The molecule has 0 aliphatic carbocycles. The van der Waals surface area contributed by atoms with Gasteiger partial charge in [0.05, 0.1) is 4.92 Å². The zero-order valence-corrected chi connectivity index (χ0v) is 13.4.